The van der Waals surface area contributed by atoms with Gasteiger partial charge in [-0.2, -0.15) is 0 Å². The van der Waals surface area contributed by atoms with Gasteiger partial charge in [-0.15, -0.1) is 0 Å². The lowest BCUT2D eigenvalue weighted by molar-refractivity contribution is 0.995. The molecule has 6 heteroatoms. The van der Waals surface area contributed by atoms with Crippen molar-refractivity contribution in [2.75, 3.05) is 11.9 Å². The third-order valence-corrected chi connectivity index (χ3v) is 3.75. The Morgan fingerprint density at radius 2 is 2.11 bits per heavy atom. The fourth-order valence-corrected chi connectivity index (χ4v) is 2.48. The van der Waals surface area contributed by atoms with Crippen molar-refractivity contribution >= 4 is 51.6 Å². The molecule has 1 heterocycles. The van der Waals surface area contributed by atoms with Gasteiger partial charge in [0.05, 0.1) is 3.57 Å². The average Bonchev–Trinajstić information content (AvgIpc) is 2.34. The number of rotatable bonds is 4. The Kier molecular flexibility index (Phi) is 5.03. The molecule has 94 valence electrons. The Balaban J connectivity index is 1.95. The van der Waals surface area contributed by atoms with Crippen LogP contribution in [0, 0.1) is 3.57 Å². The van der Waals surface area contributed by atoms with E-state index in [9.17, 15) is 0 Å². The quantitative estimate of drug-likeness (QED) is 0.796. The predicted octanol–water partition coefficient (Wildman–Crippen LogP) is 4.04. The molecule has 0 radical (unpaired) electrons. The van der Waals surface area contributed by atoms with Crippen LogP contribution in [0.1, 0.15) is 5.56 Å². The van der Waals surface area contributed by atoms with Gasteiger partial charge in [0.1, 0.15) is 12.1 Å². The molecule has 0 bridgehead atoms. The van der Waals surface area contributed by atoms with Crippen molar-refractivity contribution in [1.82, 2.24) is 9.97 Å². The summed E-state index contributed by atoms with van der Waals surface area (Å²) in [5.74, 6) is 0.843. The van der Waals surface area contributed by atoms with Crippen LogP contribution < -0.4 is 5.32 Å². The highest BCUT2D eigenvalue weighted by atomic mass is 127. The van der Waals surface area contributed by atoms with Crippen LogP contribution in [0.15, 0.2) is 30.7 Å². The smallest absolute Gasteiger partial charge is 0.142 e. The normalized spacial score (nSPS) is 10.4. The highest BCUT2D eigenvalue weighted by molar-refractivity contribution is 14.1. The highest BCUT2D eigenvalue weighted by Gasteiger charge is 2.03. The van der Waals surface area contributed by atoms with Gasteiger partial charge in [0.2, 0.25) is 0 Å². The Hall–Kier alpha value is -0.590. The molecule has 0 aliphatic heterocycles. The number of halogens is 3. The first-order valence-electron chi connectivity index (χ1n) is 5.30. The lowest BCUT2D eigenvalue weighted by atomic mass is 10.1. The number of aromatic nitrogens is 2. The first-order chi connectivity index (χ1) is 8.66. The van der Waals surface area contributed by atoms with E-state index in [0.29, 0.717) is 10.0 Å². The Morgan fingerprint density at radius 3 is 2.83 bits per heavy atom. The van der Waals surface area contributed by atoms with Crippen LogP contribution >= 0.6 is 45.8 Å². The molecule has 1 aromatic carbocycles. The molecule has 0 spiro atoms. The maximum Gasteiger partial charge on any atom is 0.142 e. The molecule has 3 nitrogen and oxygen atoms in total. The Morgan fingerprint density at radius 1 is 1.28 bits per heavy atom. The molecule has 0 aliphatic rings. The lowest BCUT2D eigenvalue weighted by Crippen LogP contribution is -2.08. The minimum atomic E-state index is 0.655. The van der Waals surface area contributed by atoms with Gasteiger partial charge in [-0.25, -0.2) is 9.97 Å². The maximum atomic E-state index is 6.10. The maximum absolute atomic E-state index is 6.10. The van der Waals surface area contributed by atoms with E-state index in [2.05, 4.69) is 37.9 Å². The van der Waals surface area contributed by atoms with Crippen molar-refractivity contribution in [3.8, 4) is 0 Å². The van der Waals surface area contributed by atoms with Crippen molar-refractivity contribution in [1.29, 1.82) is 0 Å². The summed E-state index contributed by atoms with van der Waals surface area (Å²) in [6.07, 6.45) is 4.11. The summed E-state index contributed by atoms with van der Waals surface area (Å²) < 4.78 is 0.998. The minimum Gasteiger partial charge on any atom is -0.369 e. The summed E-state index contributed by atoms with van der Waals surface area (Å²) in [5.41, 5.74) is 1.07. The zero-order chi connectivity index (χ0) is 13.0. The highest BCUT2D eigenvalue weighted by Crippen LogP contribution is 2.21. The molecule has 18 heavy (non-hydrogen) atoms. The molecule has 2 rings (SSSR count). The van der Waals surface area contributed by atoms with E-state index in [1.54, 1.807) is 12.3 Å². The fraction of sp³-hybridized carbons (Fsp3) is 0.167. The van der Waals surface area contributed by atoms with E-state index in [-0.39, 0.29) is 0 Å². The van der Waals surface area contributed by atoms with Gasteiger partial charge >= 0.3 is 0 Å². The summed E-state index contributed by atoms with van der Waals surface area (Å²) in [5, 5.41) is 4.60. The number of hydrogen-bond donors (Lipinski definition) is 1. The number of hydrogen-bond acceptors (Lipinski definition) is 3. The van der Waals surface area contributed by atoms with E-state index < -0.39 is 0 Å². The van der Waals surface area contributed by atoms with Crippen LogP contribution in [0.25, 0.3) is 0 Å². The topological polar surface area (TPSA) is 37.8 Å². The summed E-state index contributed by atoms with van der Waals surface area (Å²) in [4.78, 5) is 8.10. The Labute approximate surface area is 129 Å². The molecule has 0 amide bonds. The van der Waals surface area contributed by atoms with Crippen LogP contribution in [0.4, 0.5) is 5.82 Å². The third kappa shape index (κ3) is 3.70. The van der Waals surface area contributed by atoms with Crippen molar-refractivity contribution < 1.29 is 0 Å². The van der Waals surface area contributed by atoms with E-state index in [1.807, 2.05) is 12.1 Å². The van der Waals surface area contributed by atoms with Crippen molar-refractivity contribution in [3.05, 3.63) is 49.9 Å². The van der Waals surface area contributed by atoms with Gasteiger partial charge in [0.15, 0.2) is 0 Å². The van der Waals surface area contributed by atoms with Gasteiger partial charge in [-0.05, 0) is 46.7 Å². The minimum absolute atomic E-state index is 0.655. The SMILES string of the molecule is Clc1ccc(CCNc2ncncc2I)c(Cl)c1. The van der Waals surface area contributed by atoms with Crippen LogP contribution in [0.2, 0.25) is 10.0 Å². The van der Waals surface area contributed by atoms with Crippen molar-refractivity contribution in [2.45, 2.75) is 6.42 Å². The van der Waals surface area contributed by atoms with Crippen LogP contribution in [0.5, 0.6) is 0 Å². The lowest BCUT2D eigenvalue weighted by Gasteiger charge is -2.08. The molecule has 0 atom stereocenters. The van der Waals surface area contributed by atoms with Crippen molar-refractivity contribution in [3.63, 3.8) is 0 Å². The first-order valence-corrected chi connectivity index (χ1v) is 7.13. The number of anilines is 1. The predicted molar refractivity (Wildman–Crippen MR) is 83.4 cm³/mol. The van der Waals surface area contributed by atoms with Gasteiger partial charge in [-0.3, -0.25) is 0 Å². The van der Waals surface area contributed by atoms with Gasteiger partial charge in [-0.1, -0.05) is 29.3 Å². The second-order valence-electron chi connectivity index (χ2n) is 3.63. The first kappa shape index (κ1) is 13.8. The number of benzene rings is 1. The van der Waals surface area contributed by atoms with Crippen LogP contribution in [0.3, 0.4) is 0 Å². The molecule has 2 aromatic rings. The third-order valence-electron chi connectivity index (χ3n) is 2.37. The molecular weight excluding hydrogens is 384 g/mol. The molecule has 0 fully saturated rings. The van der Waals surface area contributed by atoms with Crippen molar-refractivity contribution in [2.24, 2.45) is 0 Å². The fourth-order valence-electron chi connectivity index (χ4n) is 1.48. The Bertz CT molecular complexity index is 549. The molecule has 0 unspecified atom stereocenters. The molecule has 0 saturated carbocycles. The second kappa shape index (κ2) is 6.54. The van der Waals surface area contributed by atoms with E-state index in [4.69, 9.17) is 23.2 Å². The zero-order valence-electron chi connectivity index (χ0n) is 9.33. The molecule has 0 saturated heterocycles. The van der Waals surface area contributed by atoms with Crippen LogP contribution in [-0.4, -0.2) is 16.5 Å². The number of nitrogens with one attached hydrogen (secondary N) is 1. The van der Waals surface area contributed by atoms with Crippen LogP contribution in [-0.2, 0) is 6.42 Å². The average molecular weight is 394 g/mol. The van der Waals surface area contributed by atoms with Gasteiger partial charge in [0, 0.05) is 22.8 Å². The molecule has 1 N–H and O–H groups in total. The summed E-state index contributed by atoms with van der Waals surface area (Å²) in [6.45, 7) is 0.758. The standard InChI is InChI=1S/C12H10Cl2IN3/c13-9-2-1-8(10(14)5-9)3-4-17-12-11(15)6-16-7-18-12/h1-2,5-7H,3-4H2,(H,16,17,18). The van der Waals surface area contributed by atoms with E-state index in [1.165, 1.54) is 6.33 Å². The van der Waals surface area contributed by atoms with E-state index >= 15 is 0 Å². The summed E-state index contributed by atoms with van der Waals surface area (Å²) in [6, 6.07) is 5.54. The molecule has 0 aliphatic carbocycles. The summed E-state index contributed by atoms with van der Waals surface area (Å²) in [7, 11) is 0. The molecule has 1 aromatic heterocycles. The summed E-state index contributed by atoms with van der Waals surface area (Å²) >= 11 is 14.1. The monoisotopic (exact) mass is 393 g/mol. The van der Waals surface area contributed by atoms with Gasteiger partial charge < -0.3 is 5.32 Å². The van der Waals surface area contributed by atoms with E-state index in [0.717, 1.165) is 27.9 Å². The molecular formula is C12H10Cl2IN3. The second-order valence-corrected chi connectivity index (χ2v) is 5.64. The number of nitrogens with zero attached hydrogens (tertiary/aromatic N) is 2. The largest absolute Gasteiger partial charge is 0.369 e. The van der Waals surface area contributed by atoms with Gasteiger partial charge in [0.25, 0.3) is 0 Å². The zero-order valence-corrected chi connectivity index (χ0v) is 13.0.